The average Bonchev–Trinajstić information content (AvgIpc) is 2.51. The molecule has 0 heterocycles. The molecule has 2 aromatic rings. The van der Waals surface area contributed by atoms with Gasteiger partial charge in [0.05, 0.1) is 0 Å². The van der Waals surface area contributed by atoms with Gasteiger partial charge in [0, 0.05) is 29.2 Å². The van der Waals surface area contributed by atoms with Gasteiger partial charge in [-0.15, -0.1) is 0 Å². The fraction of sp³-hybridized carbons (Fsp3) is 0.167. The molecule has 2 aromatic carbocycles. The number of ether oxygens (including phenoxy) is 1. The van der Waals surface area contributed by atoms with Crippen molar-refractivity contribution < 1.29 is 19.1 Å². The third-order valence-corrected chi connectivity index (χ3v) is 3.74. The summed E-state index contributed by atoms with van der Waals surface area (Å²) in [5.74, 6) is -0.505. The van der Waals surface area contributed by atoms with E-state index in [0.29, 0.717) is 28.9 Å². The lowest BCUT2D eigenvalue weighted by atomic mass is 9.83. The van der Waals surface area contributed by atoms with Crippen LogP contribution in [0.4, 0.5) is 0 Å². The molecule has 0 saturated heterocycles. The van der Waals surface area contributed by atoms with Gasteiger partial charge in [0.2, 0.25) is 0 Å². The van der Waals surface area contributed by atoms with E-state index in [4.69, 9.17) is 4.74 Å². The molecule has 110 valence electrons. The first kappa shape index (κ1) is 14.2. The van der Waals surface area contributed by atoms with Gasteiger partial charge in [-0.2, -0.15) is 0 Å². The van der Waals surface area contributed by atoms with Crippen LogP contribution in [0.3, 0.4) is 0 Å². The van der Waals surface area contributed by atoms with Crippen LogP contribution in [0.25, 0.3) is 0 Å². The molecule has 0 unspecified atom stereocenters. The van der Waals surface area contributed by atoms with Crippen LogP contribution in [-0.4, -0.2) is 17.5 Å². The minimum absolute atomic E-state index is 0.172. The molecule has 0 fully saturated rings. The van der Waals surface area contributed by atoms with Crippen molar-refractivity contribution in [2.24, 2.45) is 0 Å². The number of esters is 1. The number of ketones is 2. The van der Waals surface area contributed by atoms with Crippen molar-refractivity contribution in [1.29, 1.82) is 0 Å². The molecule has 1 aliphatic carbocycles. The zero-order chi connectivity index (χ0) is 15.9. The highest BCUT2D eigenvalue weighted by Crippen LogP contribution is 2.32. The molecule has 0 amide bonds. The predicted octanol–water partition coefficient (Wildman–Crippen LogP) is 2.95. The van der Waals surface area contributed by atoms with E-state index in [1.807, 2.05) is 6.92 Å². The summed E-state index contributed by atoms with van der Waals surface area (Å²) in [6.45, 7) is 3.21. The first-order chi connectivity index (χ1) is 10.5. The molecule has 3 rings (SSSR count). The first-order valence-electron chi connectivity index (χ1n) is 7.06. The molecule has 4 nitrogen and oxygen atoms in total. The molecule has 4 heteroatoms. The number of hydrogen-bond acceptors (Lipinski definition) is 4. The topological polar surface area (TPSA) is 60.4 Å². The Morgan fingerprint density at radius 3 is 2.00 bits per heavy atom. The molecule has 0 spiro atoms. The maximum atomic E-state index is 12.6. The maximum Gasteiger partial charge on any atom is 0.308 e. The lowest BCUT2D eigenvalue weighted by Crippen LogP contribution is -2.21. The Kier molecular flexibility index (Phi) is 3.37. The van der Waals surface area contributed by atoms with Crippen molar-refractivity contribution in [3.63, 3.8) is 0 Å². The number of carbonyl (C=O) groups excluding carboxylic acids is 3. The molecule has 0 saturated carbocycles. The zero-order valence-electron chi connectivity index (χ0n) is 12.3. The van der Waals surface area contributed by atoms with E-state index in [-0.39, 0.29) is 17.1 Å². The predicted molar refractivity (Wildman–Crippen MR) is 80.4 cm³/mol. The summed E-state index contributed by atoms with van der Waals surface area (Å²) in [5, 5.41) is 0. The molecular formula is C18H14O4. The average molecular weight is 294 g/mol. The number of hydrogen-bond donors (Lipinski definition) is 0. The first-order valence-corrected chi connectivity index (χ1v) is 7.06. The van der Waals surface area contributed by atoms with Gasteiger partial charge in [-0.3, -0.25) is 14.4 Å². The standard InChI is InChI=1S/C18H14O4/c1-3-11-8-14-15(9-16(11)22-10(2)19)18(21)13-7-5-4-6-12(13)17(14)20/h4-9H,3H2,1-2H3. The monoisotopic (exact) mass is 294 g/mol. The number of benzene rings is 2. The van der Waals surface area contributed by atoms with E-state index in [9.17, 15) is 14.4 Å². The van der Waals surface area contributed by atoms with Crippen LogP contribution in [0.1, 0.15) is 51.3 Å². The van der Waals surface area contributed by atoms with Crippen LogP contribution in [0.2, 0.25) is 0 Å². The van der Waals surface area contributed by atoms with E-state index >= 15 is 0 Å². The van der Waals surface area contributed by atoms with E-state index in [1.54, 1.807) is 30.3 Å². The fourth-order valence-electron chi connectivity index (χ4n) is 2.70. The van der Waals surface area contributed by atoms with Gasteiger partial charge >= 0.3 is 5.97 Å². The Morgan fingerprint density at radius 1 is 0.955 bits per heavy atom. The van der Waals surface area contributed by atoms with Crippen molar-refractivity contribution in [2.75, 3.05) is 0 Å². The highest BCUT2D eigenvalue weighted by Gasteiger charge is 2.30. The van der Waals surface area contributed by atoms with E-state index in [2.05, 4.69) is 0 Å². The third kappa shape index (κ3) is 2.13. The van der Waals surface area contributed by atoms with Crippen LogP contribution in [-0.2, 0) is 11.2 Å². The molecule has 22 heavy (non-hydrogen) atoms. The molecule has 0 aromatic heterocycles. The summed E-state index contributed by atoms with van der Waals surface area (Å²) in [4.78, 5) is 36.4. The minimum Gasteiger partial charge on any atom is -0.426 e. The SMILES string of the molecule is CCc1cc2c(cc1OC(C)=O)C(=O)c1ccccc1C2=O. The Bertz CT molecular complexity index is 818. The summed E-state index contributed by atoms with van der Waals surface area (Å²) in [6.07, 6.45) is 0.596. The highest BCUT2D eigenvalue weighted by molar-refractivity contribution is 6.28. The summed E-state index contributed by atoms with van der Waals surface area (Å²) < 4.78 is 5.17. The van der Waals surface area contributed by atoms with Crippen LogP contribution >= 0.6 is 0 Å². The second kappa shape index (κ2) is 5.22. The number of rotatable bonds is 2. The number of fused-ring (bicyclic) bond motifs is 2. The van der Waals surface area contributed by atoms with E-state index in [0.717, 1.165) is 5.56 Å². The van der Waals surface area contributed by atoms with E-state index in [1.165, 1.54) is 13.0 Å². The molecule has 0 bridgehead atoms. The smallest absolute Gasteiger partial charge is 0.308 e. The molecule has 0 N–H and O–H groups in total. The van der Waals surface area contributed by atoms with Gasteiger partial charge in [0.25, 0.3) is 0 Å². The second-order valence-corrected chi connectivity index (χ2v) is 5.16. The summed E-state index contributed by atoms with van der Waals surface area (Å²) >= 11 is 0. The van der Waals surface area contributed by atoms with Crippen molar-refractivity contribution in [2.45, 2.75) is 20.3 Å². The third-order valence-electron chi connectivity index (χ3n) is 3.74. The molecule has 0 aliphatic heterocycles. The second-order valence-electron chi connectivity index (χ2n) is 5.16. The van der Waals surface area contributed by atoms with Gasteiger partial charge in [0.1, 0.15) is 5.75 Å². The Balaban J connectivity index is 2.22. The summed E-state index contributed by atoms with van der Waals surface area (Å²) in [6, 6.07) is 9.92. The molecule has 1 aliphatic rings. The molecular weight excluding hydrogens is 280 g/mol. The van der Waals surface area contributed by atoms with Crippen molar-refractivity contribution in [3.8, 4) is 5.75 Å². The van der Waals surface area contributed by atoms with Crippen molar-refractivity contribution >= 4 is 17.5 Å². The van der Waals surface area contributed by atoms with Gasteiger partial charge in [-0.05, 0) is 24.1 Å². The number of aryl methyl sites for hydroxylation is 1. The van der Waals surface area contributed by atoms with Crippen molar-refractivity contribution in [1.82, 2.24) is 0 Å². The van der Waals surface area contributed by atoms with Crippen LogP contribution in [0, 0.1) is 0 Å². The van der Waals surface area contributed by atoms with Crippen LogP contribution in [0.5, 0.6) is 5.75 Å². The summed E-state index contributed by atoms with van der Waals surface area (Å²) in [7, 11) is 0. The zero-order valence-corrected chi connectivity index (χ0v) is 12.3. The Labute approximate surface area is 127 Å². The van der Waals surface area contributed by atoms with Gasteiger partial charge < -0.3 is 4.74 Å². The molecule has 0 radical (unpaired) electrons. The fourth-order valence-corrected chi connectivity index (χ4v) is 2.70. The van der Waals surface area contributed by atoms with Crippen molar-refractivity contribution in [3.05, 3.63) is 64.2 Å². The van der Waals surface area contributed by atoms with Crippen LogP contribution in [0.15, 0.2) is 36.4 Å². The minimum atomic E-state index is -0.454. The number of carbonyl (C=O) groups is 3. The lowest BCUT2D eigenvalue weighted by molar-refractivity contribution is -0.131. The quantitative estimate of drug-likeness (QED) is 0.538. The summed E-state index contributed by atoms with van der Waals surface area (Å²) in [5.41, 5.74) is 2.20. The highest BCUT2D eigenvalue weighted by atomic mass is 16.5. The van der Waals surface area contributed by atoms with Crippen LogP contribution < -0.4 is 4.74 Å². The maximum absolute atomic E-state index is 12.6. The normalized spacial score (nSPS) is 12.6. The Morgan fingerprint density at radius 2 is 1.50 bits per heavy atom. The lowest BCUT2D eigenvalue weighted by Gasteiger charge is -2.19. The molecule has 0 atom stereocenters. The van der Waals surface area contributed by atoms with Gasteiger partial charge in [-0.1, -0.05) is 31.2 Å². The van der Waals surface area contributed by atoms with E-state index < -0.39 is 5.97 Å². The Hall–Kier alpha value is -2.75. The van der Waals surface area contributed by atoms with Gasteiger partial charge in [0.15, 0.2) is 11.6 Å². The van der Waals surface area contributed by atoms with Gasteiger partial charge in [-0.25, -0.2) is 0 Å². The largest absolute Gasteiger partial charge is 0.426 e.